The highest BCUT2D eigenvalue weighted by molar-refractivity contribution is 7.13. The standard InChI is InChI=1S/C19H19F2N3OS/c1-12-7-10-26-17(12)19-23-22-18(25-19)13-5-8-24(9-6-13)11-14-3-2-4-15(20)16(14)21/h2-4,7,10,13H,5-6,8-9,11H2,1H3. The van der Waals surface area contributed by atoms with Crippen molar-refractivity contribution >= 4 is 11.3 Å². The fourth-order valence-electron chi connectivity index (χ4n) is 3.33. The SMILES string of the molecule is Cc1ccsc1-c1nnc(C2CCN(Cc3cccc(F)c3F)CC2)o1. The van der Waals surface area contributed by atoms with E-state index in [1.165, 1.54) is 0 Å². The number of likely N-dealkylation sites (tertiary alicyclic amines) is 1. The Morgan fingerprint density at radius 2 is 2.00 bits per heavy atom. The Bertz CT molecular complexity index is 900. The Balaban J connectivity index is 1.39. The van der Waals surface area contributed by atoms with Crippen molar-refractivity contribution in [2.24, 2.45) is 0 Å². The summed E-state index contributed by atoms with van der Waals surface area (Å²) in [6, 6.07) is 6.37. The summed E-state index contributed by atoms with van der Waals surface area (Å²) in [7, 11) is 0. The van der Waals surface area contributed by atoms with Gasteiger partial charge in [-0.25, -0.2) is 8.78 Å². The van der Waals surface area contributed by atoms with E-state index in [4.69, 9.17) is 4.42 Å². The lowest BCUT2D eigenvalue weighted by Crippen LogP contribution is -2.32. The van der Waals surface area contributed by atoms with Crippen LogP contribution < -0.4 is 0 Å². The van der Waals surface area contributed by atoms with Gasteiger partial charge < -0.3 is 4.42 Å². The number of piperidine rings is 1. The number of rotatable bonds is 4. The predicted octanol–water partition coefficient (Wildman–Crippen LogP) is 4.76. The van der Waals surface area contributed by atoms with Gasteiger partial charge in [-0.3, -0.25) is 4.90 Å². The van der Waals surface area contributed by atoms with E-state index in [1.807, 2.05) is 18.4 Å². The normalized spacial score (nSPS) is 16.3. The summed E-state index contributed by atoms with van der Waals surface area (Å²) in [5.74, 6) is -0.0756. The van der Waals surface area contributed by atoms with Gasteiger partial charge in [0.15, 0.2) is 11.6 Å². The van der Waals surface area contributed by atoms with Crippen LogP contribution in [-0.2, 0) is 6.54 Å². The van der Waals surface area contributed by atoms with E-state index < -0.39 is 11.6 Å². The number of nitrogens with zero attached hydrogens (tertiary/aromatic N) is 3. The molecule has 0 saturated carbocycles. The van der Waals surface area contributed by atoms with Crippen LogP contribution in [0.2, 0.25) is 0 Å². The lowest BCUT2D eigenvalue weighted by molar-refractivity contribution is 0.190. The molecule has 1 saturated heterocycles. The molecule has 0 aliphatic carbocycles. The minimum absolute atomic E-state index is 0.213. The number of hydrogen-bond acceptors (Lipinski definition) is 5. The third kappa shape index (κ3) is 3.41. The molecule has 2 aromatic heterocycles. The first-order chi connectivity index (χ1) is 12.6. The molecular formula is C19H19F2N3OS. The van der Waals surface area contributed by atoms with Crippen LogP contribution in [0.5, 0.6) is 0 Å². The number of benzene rings is 1. The zero-order valence-electron chi connectivity index (χ0n) is 14.4. The predicted molar refractivity (Wildman–Crippen MR) is 96.0 cm³/mol. The van der Waals surface area contributed by atoms with E-state index in [-0.39, 0.29) is 5.92 Å². The van der Waals surface area contributed by atoms with Crippen LogP contribution in [0, 0.1) is 18.6 Å². The molecule has 1 aliphatic rings. The van der Waals surface area contributed by atoms with E-state index in [2.05, 4.69) is 15.1 Å². The van der Waals surface area contributed by atoms with Crippen molar-refractivity contribution in [2.75, 3.05) is 13.1 Å². The van der Waals surface area contributed by atoms with Gasteiger partial charge >= 0.3 is 0 Å². The van der Waals surface area contributed by atoms with Crippen LogP contribution in [0.1, 0.15) is 35.8 Å². The van der Waals surface area contributed by atoms with Gasteiger partial charge in [-0.2, -0.15) is 0 Å². The van der Waals surface area contributed by atoms with Crippen molar-refractivity contribution in [2.45, 2.75) is 32.2 Å². The van der Waals surface area contributed by atoms with Gasteiger partial charge in [0, 0.05) is 18.0 Å². The Hall–Kier alpha value is -2.12. The summed E-state index contributed by atoms with van der Waals surface area (Å²) in [5, 5.41) is 10.4. The van der Waals surface area contributed by atoms with Crippen LogP contribution >= 0.6 is 11.3 Å². The maximum Gasteiger partial charge on any atom is 0.258 e. The van der Waals surface area contributed by atoms with Crippen molar-refractivity contribution in [1.82, 2.24) is 15.1 Å². The van der Waals surface area contributed by atoms with Crippen molar-refractivity contribution in [1.29, 1.82) is 0 Å². The Morgan fingerprint density at radius 1 is 1.19 bits per heavy atom. The zero-order valence-corrected chi connectivity index (χ0v) is 15.2. The first-order valence-corrected chi connectivity index (χ1v) is 9.53. The average molecular weight is 375 g/mol. The first kappa shape index (κ1) is 17.3. The van der Waals surface area contributed by atoms with E-state index in [1.54, 1.807) is 23.5 Å². The van der Waals surface area contributed by atoms with Gasteiger partial charge in [0.25, 0.3) is 5.89 Å². The number of thiophene rings is 1. The Morgan fingerprint density at radius 3 is 2.73 bits per heavy atom. The molecule has 26 heavy (non-hydrogen) atoms. The van der Waals surface area contributed by atoms with Crippen molar-refractivity contribution in [3.8, 4) is 10.8 Å². The summed E-state index contributed by atoms with van der Waals surface area (Å²) in [5.41, 5.74) is 1.54. The minimum atomic E-state index is -0.792. The molecule has 0 spiro atoms. The molecule has 0 N–H and O–H groups in total. The maximum absolute atomic E-state index is 13.8. The molecule has 0 radical (unpaired) electrons. The molecule has 0 atom stereocenters. The molecule has 4 nitrogen and oxygen atoms in total. The summed E-state index contributed by atoms with van der Waals surface area (Å²) >= 11 is 1.60. The number of hydrogen-bond donors (Lipinski definition) is 0. The quantitative estimate of drug-likeness (QED) is 0.659. The molecule has 4 rings (SSSR count). The summed E-state index contributed by atoms with van der Waals surface area (Å²) in [6.45, 7) is 4.02. The third-order valence-electron chi connectivity index (χ3n) is 4.86. The second-order valence-corrected chi connectivity index (χ2v) is 7.56. The third-order valence-corrected chi connectivity index (χ3v) is 5.86. The Kier molecular flexibility index (Phi) is 4.82. The minimum Gasteiger partial charge on any atom is -0.420 e. The molecule has 1 aliphatic heterocycles. The van der Waals surface area contributed by atoms with Gasteiger partial charge in [0.05, 0.1) is 4.88 Å². The van der Waals surface area contributed by atoms with Gasteiger partial charge in [-0.05, 0) is 55.9 Å². The lowest BCUT2D eigenvalue weighted by Gasteiger charge is -2.30. The fourth-order valence-corrected chi connectivity index (χ4v) is 4.18. The highest BCUT2D eigenvalue weighted by Crippen LogP contribution is 2.32. The van der Waals surface area contributed by atoms with Crippen LogP contribution in [0.25, 0.3) is 10.8 Å². The lowest BCUT2D eigenvalue weighted by atomic mass is 9.96. The average Bonchev–Trinajstić information content (AvgIpc) is 3.28. The first-order valence-electron chi connectivity index (χ1n) is 8.65. The molecule has 1 fully saturated rings. The number of aromatic nitrogens is 2. The molecule has 0 bridgehead atoms. The summed E-state index contributed by atoms with van der Waals surface area (Å²) < 4.78 is 33.1. The van der Waals surface area contributed by atoms with E-state index in [0.29, 0.717) is 23.9 Å². The molecule has 0 amide bonds. The van der Waals surface area contributed by atoms with E-state index >= 15 is 0 Å². The monoisotopic (exact) mass is 375 g/mol. The molecule has 0 unspecified atom stereocenters. The van der Waals surface area contributed by atoms with Crippen molar-refractivity contribution in [3.05, 3.63) is 58.3 Å². The van der Waals surface area contributed by atoms with Crippen LogP contribution in [0.15, 0.2) is 34.1 Å². The largest absolute Gasteiger partial charge is 0.420 e. The van der Waals surface area contributed by atoms with Crippen molar-refractivity contribution < 1.29 is 13.2 Å². The maximum atomic E-state index is 13.8. The van der Waals surface area contributed by atoms with Crippen LogP contribution in [-0.4, -0.2) is 28.2 Å². The van der Waals surface area contributed by atoms with Crippen LogP contribution in [0.3, 0.4) is 0 Å². The highest BCUT2D eigenvalue weighted by atomic mass is 32.1. The second-order valence-electron chi connectivity index (χ2n) is 6.64. The van der Waals surface area contributed by atoms with E-state index in [9.17, 15) is 8.78 Å². The van der Waals surface area contributed by atoms with E-state index in [0.717, 1.165) is 42.4 Å². The second kappa shape index (κ2) is 7.25. The van der Waals surface area contributed by atoms with Gasteiger partial charge in [0.1, 0.15) is 0 Å². The topological polar surface area (TPSA) is 42.2 Å². The molecule has 7 heteroatoms. The molecule has 1 aromatic carbocycles. The summed E-state index contributed by atoms with van der Waals surface area (Å²) in [6.07, 6.45) is 1.73. The molecular weight excluding hydrogens is 356 g/mol. The molecule has 3 aromatic rings. The van der Waals surface area contributed by atoms with Gasteiger partial charge in [-0.1, -0.05) is 12.1 Å². The van der Waals surface area contributed by atoms with Crippen LogP contribution in [0.4, 0.5) is 8.78 Å². The number of halogens is 2. The van der Waals surface area contributed by atoms with Gasteiger partial charge in [0.2, 0.25) is 5.89 Å². The molecule has 136 valence electrons. The zero-order chi connectivity index (χ0) is 18.1. The fraction of sp³-hybridized carbons (Fsp3) is 0.368. The van der Waals surface area contributed by atoms with Gasteiger partial charge in [-0.15, -0.1) is 21.5 Å². The number of aryl methyl sites for hydroxylation is 1. The smallest absolute Gasteiger partial charge is 0.258 e. The Labute approximate surface area is 154 Å². The molecule has 3 heterocycles. The van der Waals surface area contributed by atoms with Crippen molar-refractivity contribution in [3.63, 3.8) is 0 Å². The summed E-state index contributed by atoms with van der Waals surface area (Å²) in [4.78, 5) is 3.15. The highest BCUT2D eigenvalue weighted by Gasteiger charge is 2.26.